The summed E-state index contributed by atoms with van der Waals surface area (Å²) in [6.45, 7) is 0. The van der Waals surface area contributed by atoms with Gasteiger partial charge in [-0.1, -0.05) is 8.58 Å². The molecule has 8 heavy (non-hydrogen) atoms. The molecular formula is C5H9N2P. The van der Waals surface area contributed by atoms with Crippen LogP contribution in [0.3, 0.4) is 0 Å². The molecule has 2 nitrogen and oxygen atoms in total. The zero-order chi connectivity index (χ0) is 5.82. The highest BCUT2D eigenvalue weighted by molar-refractivity contribution is 7.37. The highest BCUT2D eigenvalue weighted by Gasteiger charge is 1.92. The second kappa shape index (κ2) is 2.79. The van der Waals surface area contributed by atoms with E-state index in [2.05, 4.69) is 17.4 Å². The maximum Gasteiger partial charge on any atom is 0.0443 e. The van der Waals surface area contributed by atoms with Crippen molar-refractivity contribution in [1.29, 1.82) is 0 Å². The van der Waals surface area contributed by atoms with Gasteiger partial charge in [0.15, 0.2) is 0 Å². The van der Waals surface area contributed by atoms with Crippen molar-refractivity contribution in [3.8, 4) is 12.1 Å². The number of rotatable bonds is 0. The Hall–Kier alpha value is -0.410. The summed E-state index contributed by atoms with van der Waals surface area (Å²) in [4.78, 5) is 2.01. The van der Waals surface area contributed by atoms with Crippen LogP contribution in [0.5, 0.6) is 0 Å². The van der Waals surface area contributed by atoms with Gasteiger partial charge in [-0.25, -0.2) is 0 Å². The second-order valence-corrected chi connectivity index (χ2v) is 2.87. The van der Waals surface area contributed by atoms with Crippen LogP contribution >= 0.6 is 8.58 Å². The summed E-state index contributed by atoms with van der Waals surface area (Å²) in [6, 6.07) is 5.75. The van der Waals surface area contributed by atoms with Crippen LogP contribution in [0, 0.1) is 12.1 Å². The number of hydrogen-bond acceptors (Lipinski definition) is 2. The molecular weight excluding hydrogens is 119 g/mol. The van der Waals surface area contributed by atoms with Crippen LogP contribution in [-0.2, 0) is 0 Å². The Bertz CT molecular complexity index is 124. The van der Waals surface area contributed by atoms with Crippen LogP contribution in [0.15, 0.2) is 0 Å². The van der Waals surface area contributed by atoms with Gasteiger partial charge >= 0.3 is 0 Å². The molecule has 3 heteroatoms. The standard InChI is InChI=1S/C5H9N2P/c1-7-3-2-6-4-8-5-7/h6,8H,4-5H2,1H3. The predicted octanol–water partition coefficient (Wildman–Crippen LogP) is 0.0333. The van der Waals surface area contributed by atoms with Crippen molar-refractivity contribution >= 4 is 8.58 Å². The Balaban J connectivity index is 2.39. The molecule has 0 bridgehead atoms. The van der Waals surface area contributed by atoms with E-state index >= 15 is 0 Å². The monoisotopic (exact) mass is 128 g/mol. The van der Waals surface area contributed by atoms with Crippen molar-refractivity contribution in [2.45, 2.75) is 0 Å². The van der Waals surface area contributed by atoms with Crippen LogP contribution in [0.1, 0.15) is 0 Å². The fraction of sp³-hybridized carbons (Fsp3) is 0.600. The van der Waals surface area contributed by atoms with Crippen molar-refractivity contribution in [1.82, 2.24) is 10.2 Å². The minimum Gasteiger partial charge on any atom is -0.340 e. The molecule has 1 unspecified atom stereocenters. The maximum atomic E-state index is 2.99. The van der Waals surface area contributed by atoms with Gasteiger partial charge in [0.2, 0.25) is 0 Å². The molecule has 0 fully saturated rings. The van der Waals surface area contributed by atoms with E-state index in [-0.39, 0.29) is 0 Å². The van der Waals surface area contributed by atoms with E-state index in [1.54, 1.807) is 0 Å². The molecule has 0 radical (unpaired) electrons. The smallest absolute Gasteiger partial charge is 0.0443 e. The second-order valence-electron chi connectivity index (χ2n) is 1.70. The Morgan fingerprint density at radius 1 is 1.75 bits per heavy atom. The first-order valence-corrected chi connectivity index (χ1v) is 3.96. The summed E-state index contributed by atoms with van der Waals surface area (Å²) < 4.78 is 0. The van der Waals surface area contributed by atoms with Gasteiger partial charge in [-0.3, -0.25) is 0 Å². The van der Waals surface area contributed by atoms with E-state index in [9.17, 15) is 0 Å². The average Bonchev–Trinajstić information content (AvgIpc) is 1.94. The molecule has 1 rings (SSSR count). The normalized spacial score (nSPS) is 20.9. The molecule has 0 spiro atoms. The van der Waals surface area contributed by atoms with Crippen molar-refractivity contribution in [3.05, 3.63) is 0 Å². The zero-order valence-electron chi connectivity index (χ0n) is 4.86. The lowest BCUT2D eigenvalue weighted by Crippen LogP contribution is -2.07. The lowest BCUT2D eigenvalue weighted by molar-refractivity contribution is 0.573. The minimum absolute atomic E-state index is 0.965. The molecule has 0 aromatic heterocycles. The van der Waals surface area contributed by atoms with Crippen LogP contribution in [0.4, 0.5) is 0 Å². The Labute approximate surface area is 51.4 Å². The molecule has 1 heterocycles. The first kappa shape index (κ1) is 5.72. The molecule has 0 aromatic rings. The molecule has 44 valence electrons. The summed E-state index contributed by atoms with van der Waals surface area (Å²) in [7, 11) is 2.97. The largest absolute Gasteiger partial charge is 0.340 e. The number of nitrogens with one attached hydrogen (secondary N) is 1. The maximum absolute atomic E-state index is 2.99. The van der Waals surface area contributed by atoms with E-state index in [0.717, 1.165) is 21.2 Å². The summed E-state index contributed by atoms with van der Waals surface area (Å²) in [6.07, 6.45) is 2.16. The summed E-state index contributed by atoms with van der Waals surface area (Å²) in [5, 5.41) is 2.99. The third kappa shape index (κ3) is 1.60. The minimum atomic E-state index is 0.965. The van der Waals surface area contributed by atoms with Gasteiger partial charge in [-0.2, -0.15) is 0 Å². The number of hydrogen-bond donors (Lipinski definition) is 1. The topological polar surface area (TPSA) is 15.3 Å². The van der Waals surface area contributed by atoms with Crippen LogP contribution in [0.25, 0.3) is 0 Å². The van der Waals surface area contributed by atoms with Gasteiger partial charge in [0.25, 0.3) is 0 Å². The zero-order valence-corrected chi connectivity index (χ0v) is 5.86. The SMILES string of the molecule is CN1C#CNCPC1. The van der Waals surface area contributed by atoms with E-state index in [0.29, 0.717) is 0 Å². The van der Waals surface area contributed by atoms with Gasteiger partial charge in [-0.05, 0) is 0 Å². The van der Waals surface area contributed by atoms with Gasteiger partial charge in [0.1, 0.15) is 0 Å². The van der Waals surface area contributed by atoms with E-state index in [1.165, 1.54) is 0 Å². The van der Waals surface area contributed by atoms with Crippen molar-refractivity contribution in [3.63, 3.8) is 0 Å². The van der Waals surface area contributed by atoms with E-state index < -0.39 is 0 Å². The Morgan fingerprint density at radius 2 is 2.62 bits per heavy atom. The van der Waals surface area contributed by atoms with Crippen LogP contribution in [0.2, 0.25) is 0 Å². The fourth-order valence-corrected chi connectivity index (χ4v) is 1.24. The van der Waals surface area contributed by atoms with E-state index in [4.69, 9.17) is 0 Å². The average molecular weight is 128 g/mol. The van der Waals surface area contributed by atoms with Gasteiger partial charge in [0, 0.05) is 31.7 Å². The molecule has 0 amide bonds. The summed E-state index contributed by atoms with van der Waals surface area (Å²) >= 11 is 0. The molecule has 0 aliphatic carbocycles. The molecule has 0 saturated carbocycles. The third-order valence-electron chi connectivity index (χ3n) is 0.898. The Kier molecular flexibility index (Phi) is 2.00. The first-order valence-electron chi connectivity index (χ1n) is 2.55. The molecule has 1 N–H and O–H groups in total. The third-order valence-corrected chi connectivity index (χ3v) is 2.02. The molecule has 1 atom stereocenters. The first-order chi connectivity index (χ1) is 3.89. The van der Waals surface area contributed by atoms with Crippen LogP contribution < -0.4 is 5.32 Å². The molecule has 0 aromatic carbocycles. The predicted molar refractivity (Wildman–Crippen MR) is 36.7 cm³/mol. The molecule has 0 saturated heterocycles. The van der Waals surface area contributed by atoms with Gasteiger partial charge < -0.3 is 10.2 Å². The van der Waals surface area contributed by atoms with Crippen molar-refractivity contribution in [2.75, 3.05) is 19.6 Å². The van der Waals surface area contributed by atoms with Crippen molar-refractivity contribution < 1.29 is 0 Å². The molecule has 1 aliphatic rings. The fourth-order valence-electron chi connectivity index (χ4n) is 0.505. The summed E-state index contributed by atoms with van der Waals surface area (Å²) in [5.41, 5.74) is 0. The van der Waals surface area contributed by atoms with Gasteiger partial charge in [-0.15, -0.1) is 0 Å². The quantitative estimate of drug-likeness (QED) is 0.366. The highest BCUT2D eigenvalue weighted by Crippen LogP contribution is 2.08. The van der Waals surface area contributed by atoms with Crippen LogP contribution in [-0.4, -0.2) is 24.5 Å². The lowest BCUT2D eigenvalue weighted by atomic mass is 10.9. The number of nitrogens with zero attached hydrogens (tertiary/aromatic N) is 1. The van der Waals surface area contributed by atoms with Crippen molar-refractivity contribution in [2.24, 2.45) is 0 Å². The Morgan fingerprint density at radius 3 is 3.50 bits per heavy atom. The van der Waals surface area contributed by atoms with E-state index in [1.807, 2.05) is 11.9 Å². The summed E-state index contributed by atoms with van der Waals surface area (Å²) in [5.74, 6) is 0. The lowest BCUT2D eigenvalue weighted by Gasteiger charge is -2.05. The molecule has 1 aliphatic heterocycles. The highest BCUT2D eigenvalue weighted by atomic mass is 31.1. The van der Waals surface area contributed by atoms with Gasteiger partial charge in [0.05, 0.1) is 0 Å².